The molecule has 0 aromatic heterocycles. The van der Waals surface area contributed by atoms with Gasteiger partial charge in [-0.05, 0) is 28.5 Å². The van der Waals surface area contributed by atoms with Gasteiger partial charge >= 0.3 is 0 Å². The highest BCUT2D eigenvalue weighted by molar-refractivity contribution is 7.11. The van der Waals surface area contributed by atoms with E-state index >= 15 is 0 Å². The molecule has 0 atom stereocenters. The summed E-state index contributed by atoms with van der Waals surface area (Å²) in [5.74, 6) is 0. The van der Waals surface area contributed by atoms with Crippen LogP contribution in [0.25, 0.3) is 0 Å². The molecule has 0 fully saturated rings. The lowest BCUT2D eigenvalue weighted by atomic mass is 10.3. The molecule has 0 nitrogen and oxygen atoms in total. The van der Waals surface area contributed by atoms with Crippen LogP contribution in [0.2, 0.25) is 6.04 Å². The molecule has 0 heterocycles. The maximum atomic E-state index is 4.25. The first-order chi connectivity index (χ1) is 11.2. The van der Waals surface area contributed by atoms with Gasteiger partial charge in [0.15, 0.2) is 8.07 Å². The highest BCUT2D eigenvalue weighted by Gasteiger charge is 2.38. The Labute approximate surface area is 140 Å². The third kappa shape index (κ3) is 3.06. The zero-order valence-electron chi connectivity index (χ0n) is 13.6. The van der Waals surface area contributed by atoms with Crippen molar-refractivity contribution in [2.45, 2.75) is 13.0 Å². The second-order valence-corrected chi connectivity index (χ2v) is 10.0. The number of rotatable bonds is 5. The molecule has 0 amide bonds. The Kier molecular flexibility index (Phi) is 4.59. The Hall–Kier alpha value is -2.38. The Balaban J connectivity index is 2.32. The van der Waals surface area contributed by atoms with Crippen LogP contribution in [-0.2, 0) is 0 Å². The summed E-state index contributed by atoms with van der Waals surface area (Å²) in [4.78, 5) is 0. The van der Waals surface area contributed by atoms with Crippen molar-refractivity contribution < 1.29 is 0 Å². The van der Waals surface area contributed by atoms with Crippen LogP contribution in [0.1, 0.15) is 6.92 Å². The minimum atomic E-state index is -2.09. The lowest BCUT2D eigenvalue weighted by molar-refractivity contribution is 1.36. The fraction of sp³-hybridized carbons (Fsp3) is 0.0909. The Bertz CT molecular complexity index is 664. The third-order valence-electron chi connectivity index (χ3n) is 4.37. The van der Waals surface area contributed by atoms with Crippen molar-refractivity contribution in [2.75, 3.05) is 0 Å². The van der Waals surface area contributed by atoms with E-state index in [1.54, 1.807) is 0 Å². The summed E-state index contributed by atoms with van der Waals surface area (Å²) in [6, 6.07) is 34.0. The first-order valence-electron chi connectivity index (χ1n) is 8.04. The van der Waals surface area contributed by atoms with Crippen molar-refractivity contribution in [2.24, 2.45) is 0 Å². The molecule has 0 bridgehead atoms. The molecule has 3 aromatic rings. The van der Waals surface area contributed by atoms with Gasteiger partial charge in [-0.25, -0.2) is 0 Å². The second-order valence-electron chi connectivity index (χ2n) is 6.14. The van der Waals surface area contributed by atoms with Gasteiger partial charge in [-0.15, -0.1) is 6.58 Å². The van der Waals surface area contributed by atoms with E-state index in [9.17, 15) is 0 Å². The molecular formula is C22H22Si. The minimum Gasteiger partial charge on any atom is -0.100 e. The van der Waals surface area contributed by atoms with E-state index in [1.807, 2.05) is 0 Å². The molecule has 114 valence electrons. The fourth-order valence-electron chi connectivity index (χ4n) is 3.43. The molecule has 0 aliphatic heterocycles. The van der Waals surface area contributed by atoms with E-state index in [1.165, 1.54) is 21.1 Å². The molecule has 0 unspecified atom stereocenters. The topological polar surface area (TPSA) is 0 Å². The number of hydrogen-bond acceptors (Lipinski definition) is 0. The molecule has 0 saturated heterocycles. The molecular weight excluding hydrogens is 292 g/mol. The Morgan fingerprint density at radius 1 is 0.652 bits per heavy atom. The maximum absolute atomic E-state index is 4.25. The largest absolute Gasteiger partial charge is 0.152 e. The molecule has 0 saturated carbocycles. The van der Waals surface area contributed by atoms with Gasteiger partial charge in [0.25, 0.3) is 0 Å². The zero-order valence-corrected chi connectivity index (χ0v) is 14.6. The van der Waals surface area contributed by atoms with Gasteiger partial charge in [0.05, 0.1) is 0 Å². The molecule has 3 rings (SSSR count). The van der Waals surface area contributed by atoms with Crippen LogP contribution in [0, 0.1) is 0 Å². The highest BCUT2D eigenvalue weighted by Crippen LogP contribution is 2.17. The standard InChI is InChI=1S/C22H22Si/c1-19(2)18-23(20-12-6-3-7-13-20,21-14-8-4-9-15-21)22-16-10-5-11-17-22/h3-17H,1,18H2,2H3. The predicted octanol–water partition coefficient (Wildman–Crippen LogP) is 3.73. The van der Waals surface area contributed by atoms with E-state index in [-0.39, 0.29) is 0 Å². The Morgan fingerprint density at radius 2 is 0.957 bits per heavy atom. The van der Waals surface area contributed by atoms with Crippen LogP contribution < -0.4 is 15.6 Å². The van der Waals surface area contributed by atoms with E-state index in [2.05, 4.69) is 104 Å². The molecule has 0 spiro atoms. The average molecular weight is 315 g/mol. The zero-order chi connectivity index (χ0) is 16.1. The average Bonchev–Trinajstić information content (AvgIpc) is 2.62. The molecule has 23 heavy (non-hydrogen) atoms. The van der Waals surface area contributed by atoms with Gasteiger partial charge in [0.2, 0.25) is 0 Å². The second kappa shape index (κ2) is 6.80. The smallest absolute Gasteiger partial charge is 0.100 e. The van der Waals surface area contributed by atoms with Gasteiger partial charge in [0.1, 0.15) is 0 Å². The van der Waals surface area contributed by atoms with Crippen LogP contribution >= 0.6 is 0 Å². The summed E-state index contributed by atoms with van der Waals surface area (Å²) in [6.07, 6.45) is 0. The number of hydrogen-bond donors (Lipinski definition) is 0. The maximum Gasteiger partial charge on any atom is 0.152 e. The van der Waals surface area contributed by atoms with E-state index in [4.69, 9.17) is 0 Å². The van der Waals surface area contributed by atoms with Crippen LogP contribution in [0.4, 0.5) is 0 Å². The summed E-state index contributed by atoms with van der Waals surface area (Å²) in [5.41, 5.74) is 1.24. The Morgan fingerprint density at radius 3 is 1.22 bits per heavy atom. The van der Waals surface area contributed by atoms with Crippen molar-refractivity contribution in [3.8, 4) is 0 Å². The first-order valence-corrected chi connectivity index (χ1v) is 10.2. The lowest BCUT2D eigenvalue weighted by Gasteiger charge is -2.34. The van der Waals surface area contributed by atoms with Crippen LogP contribution in [0.5, 0.6) is 0 Å². The fourth-order valence-corrected chi connectivity index (χ4v) is 8.23. The van der Waals surface area contributed by atoms with E-state index < -0.39 is 8.07 Å². The molecule has 0 aliphatic carbocycles. The monoisotopic (exact) mass is 314 g/mol. The van der Waals surface area contributed by atoms with Crippen molar-refractivity contribution in [1.82, 2.24) is 0 Å². The summed E-state index contributed by atoms with van der Waals surface area (Å²) in [6.45, 7) is 6.40. The van der Waals surface area contributed by atoms with Gasteiger partial charge in [-0.1, -0.05) is 96.6 Å². The normalized spacial score (nSPS) is 11.2. The predicted molar refractivity (Wildman–Crippen MR) is 104 cm³/mol. The third-order valence-corrected chi connectivity index (χ3v) is 9.46. The highest BCUT2D eigenvalue weighted by atomic mass is 28.3. The van der Waals surface area contributed by atoms with Crippen LogP contribution in [0.3, 0.4) is 0 Å². The lowest BCUT2D eigenvalue weighted by Crippen LogP contribution is -2.67. The summed E-state index contributed by atoms with van der Waals surface area (Å²) in [5, 5.41) is 4.33. The SMILES string of the molecule is C=C(C)C[Si](c1ccccc1)(c1ccccc1)c1ccccc1. The van der Waals surface area contributed by atoms with Crippen LogP contribution in [0.15, 0.2) is 103 Å². The molecule has 0 aliphatic rings. The van der Waals surface area contributed by atoms with Gasteiger partial charge in [-0.2, -0.15) is 0 Å². The van der Waals surface area contributed by atoms with E-state index in [0.29, 0.717) is 0 Å². The van der Waals surface area contributed by atoms with Crippen molar-refractivity contribution in [1.29, 1.82) is 0 Å². The molecule has 0 radical (unpaired) electrons. The molecule has 3 aromatic carbocycles. The van der Waals surface area contributed by atoms with Crippen LogP contribution in [-0.4, -0.2) is 8.07 Å². The van der Waals surface area contributed by atoms with E-state index in [0.717, 1.165) is 6.04 Å². The summed E-state index contributed by atoms with van der Waals surface area (Å²) < 4.78 is 0. The first kappa shape index (κ1) is 15.5. The van der Waals surface area contributed by atoms with Gasteiger partial charge < -0.3 is 0 Å². The molecule has 1 heteroatoms. The number of allylic oxidation sites excluding steroid dienone is 1. The minimum absolute atomic E-state index is 1.03. The quantitative estimate of drug-likeness (QED) is 0.382. The van der Waals surface area contributed by atoms with Gasteiger partial charge in [-0.3, -0.25) is 0 Å². The molecule has 0 N–H and O–H groups in total. The van der Waals surface area contributed by atoms with Crippen molar-refractivity contribution >= 4 is 23.6 Å². The summed E-state index contributed by atoms with van der Waals surface area (Å²) >= 11 is 0. The van der Waals surface area contributed by atoms with Crippen molar-refractivity contribution in [3.63, 3.8) is 0 Å². The summed E-state index contributed by atoms with van der Waals surface area (Å²) in [7, 11) is -2.09. The number of benzene rings is 3. The van der Waals surface area contributed by atoms with Crippen molar-refractivity contribution in [3.05, 3.63) is 103 Å². The van der Waals surface area contributed by atoms with Gasteiger partial charge in [0, 0.05) is 0 Å².